The highest BCUT2D eigenvalue weighted by Gasteiger charge is 2.21. The van der Waals surface area contributed by atoms with Crippen molar-refractivity contribution < 1.29 is 4.74 Å². The molecule has 0 radical (unpaired) electrons. The number of pyridine rings is 1. The third-order valence-corrected chi connectivity index (χ3v) is 5.41. The standard InChI is InChI=1S/C20H27N7O/c1-12(2)27-13(3)24-17-11-22-16(9-18(17)27)15-10-23-20(25-19(15)21)26-7-5-14(28-4)6-8-26/h9-12,14H,5-8H2,1-4H3,(H2,21,23,25). The summed E-state index contributed by atoms with van der Waals surface area (Å²) in [5.74, 6) is 2.08. The van der Waals surface area contributed by atoms with Crippen LogP contribution < -0.4 is 10.6 Å². The molecule has 0 amide bonds. The number of piperidine rings is 1. The maximum absolute atomic E-state index is 6.30. The lowest BCUT2D eigenvalue weighted by atomic mass is 10.1. The van der Waals surface area contributed by atoms with E-state index in [1.807, 2.05) is 13.0 Å². The smallest absolute Gasteiger partial charge is 0.227 e. The van der Waals surface area contributed by atoms with Crippen molar-refractivity contribution in [3.8, 4) is 11.3 Å². The summed E-state index contributed by atoms with van der Waals surface area (Å²) in [4.78, 5) is 20.4. The first kappa shape index (κ1) is 18.6. The Morgan fingerprint density at radius 2 is 1.89 bits per heavy atom. The zero-order chi connectivity index (χ0) is 19.8. The van der Waals surface area contributed by atoms with Crippen LogP contribution in [0.5, 0.6) is 0 Å². The van der Waals surface area contributed by atoms with Crippen molar-refractivity contribution in [3.63, 3.8) is 0 Å². The van der Waals surface area contributed by atoms with E-state index in [-0.39, 0.29) is 0 Å². The lowest BCUT2D eigenvalue weighted by molar-refractivity contribution is 0.0816. The van der Waals surface area contributed by atoms with Crippen LogP contribution in [0.1, 0.15) is 38.6 Å². The summed E-state index contributed by atoms with van der Waals surface area (Å²) in [5, 5.41) is 0. The van der Waals surface area contributed by atoms with E-state index in [9.17, 15) is 0 Å². The normalized spacial score (nSPS) is 15.7. The topological polar surface area (TPSA) is 95.0 Å². The predicted octanol–water partition coefficient (Wildman–Crippen LogP) is 2.98. The molecule has 8 heteroatoms. The van der Waals surface area contributed by atoms with Gasteiger partial charge in [-0.3, -0.25) is 4.98 Å². The van der Waals surface area contributed by atoms with Gasteiger partial charge in [0.15, 0.2) is 0 Å². The van der Waals surface area contributed by atoms with Crippen molar-refractivity contribution in [1.82, 2.24) is 24.5 Å². The van der Waals surface area contributed by atoms with E-state index in [4.69, 9.17) is 10.5 Å². The van der Waals surface area contributed by atoms with Crippen LogP contribution in [0.15, 0.2) is 18.5 Å². The van der Waals surface area contributed by atoms with Crippen molar-refractivity contribution in [2.24, 2.45) is 0 Å². The Labute approximate surface area is 164 Å². The third-order valence-electron chi connectivity index (χ3n) is 5.41. The Morgan fingerprint density at radius 1 is 1.14 bits per heavy atom. The first-order valence-corrected chi connectivity index (χ1v) is 9.73. The molecule has 148 valence electrons. The monoisotopic (exact) mass is 381 g/mol. The highest BCUT2D eigenvalue weighted by Crippen LogP contribution is 2.29. The number of aromatic nitrogens is 5. The highest BCUT2D eigenvalue weighted by molar-refractivity contribution is 5.82. The molecule has 0 atom stereocenters. The lowest BCUT2D eigenvalue weighted by Gasteiger charge is -2.31. The number of nitrogen functional groups attached to an aromatic ring is 1. The average molecular weight is 381 g/mol. The molecule has 1 aliphatic heterocycles. The van der Waals surface area contributed by atoms with Gasteiger partial charge < -0.3 is 19.9 Å². The number of imidazole rings is 1. The van der Waals surface area contributed by atoms with E-state index in [0.717, 1.165) is 54.0 Å². The molecule has 4 heterocycles. The van der Waals surface area contributed by atoms with Gasteiger partial charge in [0.1, 0.15) is 17.2 Å². The number of rotatable bonds is 4. The third kappa shape index (κ3) is 3.28. The van der Waals surface area contributed by atoms with E-state index in [0.29, 0.717) is 23.9 Å². The molecule has 0 unspecified atom stereocenters. The summed E-state index contributed by atoms with van der Waals surface area (Å²) in [6, 6.07) is 2.33. The molecule has 0 bridgehead atoms. The number of nitrogens with two attached hydrogens (primary N) is 1. The molecule has 0 aromatic carbocycles. The summed E-state index contributed by atoms with van der Waals surface area (Å²) in [6.45, 7) is 8.04. The fourth-order valence-electron chi connectivity index (χ4n) is 3.94. The van der Waals surface area contributed by atoms with E-state index in [1.54, 1.807) is 19.5 Å². The average Bonchev–Trinajstić information content (AvgIpc) is 3.03. The second-order valence-electron chi connectivity index (χ2n) is 7.57. The molecule has 1 aliphatic rings. The molecule has 2 N–H and O–H groups in total. The Morgan fingerprint density at radius 3 is 2.54 bits per heavy atom. The maximum atomic E-state index is 6.30. The van der Waals surface area contributed by atoms with Crippen molar-refractivity contribution in [2.45, 2.75) is 45.8 Å². The minimum atomic E-state index is 0.311. The second kappa shape index (κ2) is 7.35. The molecule has 8 nitrogen and oxygen atoms in total. The molecule has 1 saturated heterocycles. The van der Waals surface area contributed by atoms with Crippen molar-refractivity contribution in [3.05, 3.63) is 24.3 Å². The maximum Gasteiger partial charge on any atom is 0.227 e. The fraction of sp³-hybridized carbons (Fsp3) is 0.500. The predicted molar refractivity (Wildman–Crippen MR) is 110 cm³/mol. The first-order valence-electron chi connectivity index (χ1n) is 9.73. The molecule has 0 saturated carbocycles. The molecular formula is C20H27N7O. The summed E-state index contributed by atoms with van der Waals surface area (Å²) >= 11 is 0. The lowest BCUT2D eigenvalue weighted by Crippen LogP contribution is -2.37. The Kier molecular flexibility index (Phi) is 4.89. The SMILES string of the molecule is COC1CCN(c2ncc(-c3cc4c(cn3)nc(C)n4C(C)C)c(N)n2)CC1. The van der Waals surface area contributed by atoms with E-state index in [2.05, 4.69) is 43.3 Å². The molecular weight excluding hydrogens is 354 g/mol. The van der Waals surface area contributed by atoms with Crippen LogP contribution in [0.25, 0.3) is 22.3 Å². The van der Waals surface area contributed by atoms with Crippen LogP contribution >= 0.6 is 0 Å². The number of anilines is 2. The van der Waals surface area contributed by atoms with E-state index >= 15 is 0 Å². The van der Waals surface area contributed by atoms with Crippen LogP contribution in [-0.2, 0) is 4.74 Å². The quantitative estimate of drug-likeness (QED) is 0.742. The number of fused-ring (bicyclic) bond motifs is 1. The highest BCUT2D eigenvalue weighted by atomic mass is 16.5. The Hall–Kier alpha value is -2.74. The zero-order valence-corrected chi connectivity index (χ0v) is 16.9. The van der Waals surface area contributed by atoms with Gasteiger partial charge in [0, 0.05) is 32.4 Å². The number of hydrogen-bond acceptors (Lipinski definition) is 7. The van der Waals surface area contributed by atoms with E-state index < -0.39 is 0 Å². The van der Waals surface area contributed by atoms with Gasteiger partial charge in [0.05, 0.1) is 29.1 Å². The molecule has 1 fully saturated rings. The minimum Gasteiger partial charge on any atom is -0.383 e. The van der Waals surface area contributed by atoms with Crippen molar-refractivity contribution in [1.29, 1.82) is 0 Å². The van der Waals surface area contributed by atoms with Crippen LogP contribution in [0, 0.1) is 6.92 Å². The largest absolute Gasteiger partial charge is 0.383 e. The number of nitrogens with zero attached hydrogens (tertiary/aromatic N) is 6. The second-order valence-corrected chi connectivity index (χ2v) is 7.57. The fourth-order valence-corrected chi connectivity index (χ4v) is 3.94. The van der Waals surface area contributed by atoms with E-state index in [1.165, 1.54) is 0 Å². The van der Waals surface area contributed by atoms with Gasteiger partial charge in [-0.05, 0) is 39.7 Å². The number of ether oxygens (including phenoxy) is 1. The van der Waals surface area contributed by atoms with Crippen LogP contribution in [-0.4, -0.2) is 50.8 Å². The van der Waals surface area contributed by atoms with Crippen LogP contribution in [0.2, 0.25) is 0 Å². The molecule has 0 aliphatic carbocycles. The van der Waals surface area contributed by atoms with Crippen molar-refractivity contribution >= 4 is 22.8 Å². The summed E-state index contributed by atoms with van der Waals surface area (Å²) in [7, 11) is 1.76. The molecule has 3 aromatic heterocycles. The van der Waals surface area contributed by atoms with Gasteiger partial charge >= 0.3 is 0 Å². The Bertz CT molecular complexity index is 990. The van der Waals surface area contributed by atoms with Gasteiger partial charge in [-0.2, -0.15) is 4.98 Å². The van der Waals surface area contributed by atoms with Crippen LogP contribution in [0.3, 0.4) is 0 Å². The van der Waals surface area contributed by atoms with Gasteiger partial charge in [-0.1, -0.05) is 0 Å². The number of methoxy groups -OCH3 is 1. The summed E-state index contributed by atoms with van der Waals surface area (Å²) in [6.07, 6.45) is 5.82. The Balaban J connectivity index is 1.65. The minimum absolute atomic E-state index is 0.311. The molecule has 3 aromatic rings. The zero-order valence-electron chi connectivity index (χ0n) is 16.9. The molecule has 28 heavy (non-hydrogen) atoms. The van der Waals surface area contributed by atoms with Gasteiger partial charge in [-0.15, -0.1) is 0 Å². The van der Waals surface area contributed by atoms with Gasteiger partial charge in [-0.25, -0.2) is 9.97 Å². The van der Waals surface area contributed by atoms with Crippen LogP contribution in [0.4, 0.5) is 11.8 Å². The molecule has 4 rings (SSSR count). The first-order chi connectivity index (χ1) is 13.5. The molecule has 0 spiro atoms. The van der Waals surface area contributed by atoms with Crippen molar-refractivity contribution in [2.75, 3.05) is 30.8 Å². The number of aryl methyl sites for hydroxylation is 1. The van der Waals surface area contributed by atoms with Gasteiger partial charge in [0.25, 0.3) is 0 Å². The number of hydrogen-bond donors (Lipinski definition) is 1. The summed E-state index contributed by atoms with van der Waals surface area (Å²) < 4.78 is 7.63. The van der Waals surface area contributed by atoms with Gasteiger partial charge in [0.2, 0.25) is 5.95 Å². The summed E-state index contributed by atoms with van der Waals surface area (Å²) in [5.41, 5.74) is 9.72.